The van der Waals surface area contributed by atoms with Crippen molar-refractivity contribution in [1.82, 2.24) is 19.4 Å². The summed E-state index contributed by atoms with van der Waals surface area (Å²) >= 11 is 0. The fraction of sp³-hybridized carbons (Fsp3) is 0.471. The SMILES string of the molecule is O=c1ccccn1CCN1CCC(Nc2cc(C(F)(F)F)ncn2)CC1. The largest absolute Gasteiger partial charge is 0.433 e. The molecular formula is C17H20F3N5O. The minimum atomic E-state index is -4.47. The molecule has 0 aromatic carbocycles. The van der Waals surface area contributed by atoms with Gasteiger partial charge < -0.3 is 14.8 Å². The summed E-state index contributed by atoms with van der Waals surface area (Å²) in [5, 5.41) is 3.06. The van der Waals surface area contributed by atoms with Gasteiger partial charge in [-0.05, 0) is 18.9 Å². The molecule has 26 heavy (non-hydrogen) atoms. The molecule has 0 saturated carbocycles. The number of halogens is 3. The minimum absolute atomic E-state index is 0.0201. The Bertz CT molecular complexity index is 784. The number of alkyl halides is 3. The Hall–Kier alpha value is -2.42. The van der Waals surface area contributed by atoms with E-state index in [1.54, 1.807) is 16.8 Å². The van der Waals surface area contributed by atoms with Crippen molar-refractivity contribution in [2.75, 3.05) is 25.0 Å². The van der Waals surface area contributed by atoms with Gasteiger partial charge in [-0.3, -0.25) is 4.79 Å². The van der Waals surface area contributed by atoms with Crippen LogP contribution in [-0.2, 0) is 12.7 Å². The number of anilines is 1. The predicted octanol–water partition coefficient (Wildman–Crippen LogP) is 2.23. The summed E-state index contributed by atoms with van der Waals surface area (Å²) in [4.78, 5) is 21.1. The van der Waals surface area contributed by atoms with Crippen LogP contribution in [0.3, 0.4) is 0 Å². The van der Waals surface area contributed by atoms with E-state index in [2.05, 4.69) is 20.2 Å². The molecule has 1 N–H and O–H groups in total. The first kappa shape index (κ1) is 18.4. The molecule has 0 aliphatic carbocycles. The molecule has 1 saturated heterocycles. The van der Waals surface area contributed by atoms with Crippen LogP contribution in [-0.4, -0.2) is 45.1 Å². The number of likely N-dealkylation sites (tertiary alicyclic amines) is 1. The third-order valence-electron chi connectivity index (χ3n) is 4.45. The van der Waals surface area contributed by atoms with E-state index in [-0.39, 0.29) is 17.4 Å². The smallest absolute Gasteiger partial charge is 0.367 e. The molecule has 2 aromatic rings. The van der Waals surface area contributed by atoms with Crippen LogP contribution in [0.1, 0.15) is 18.5 Å². The van der Waals surface area contributed by atoms with Crippen LogP contribution in [0.25, 0.3) is 0 Å². The highest BCUT2D eigenvalue weighted by atomic mass is 19.4. The van der Waals surface area contributed by atoms with Crippen molar-refractivity contribution in [3.05, 3.63) is 52.8 Å². The Kier molecular flexibility index (Phi) is 5.55. The van der Waals surface area contributed by atoms with Gasteiger partial charge in [-0.2, -0.15) is 13.2 Å². The number of piperidine rings is 1. The zero-order valence-corrected chi connectivity index (χ0v) is 14.1. The molecule has 0 atom stereocenters. The lowest BCUT2D eigenvalue weighted by Gasteiger charge is -2.32. The number of nitrogens with zero attached hydrogens (tertiary/aromatic N) is 4. The van der Waals surface area contributed by atoms with E-state index in [4.69, 9.17) is 0 Å². The van der Waals surface area contributed by atoms with Gasteiger partial charge in [0, 0.05) is 50.6 Å². The molecule has 3 heterocycles. The summed E-state index contributed by atoms with van der Waals surface area (Å²) in [6.07, 6.45) is -0.176. The Morgan fingerprint density at radius 2 is 1.92 bits per heavy atom. The van der Waals surface area contributed by atoms with Gasteiger partial charge in [0.15, 0.2) is 0 Å². The van der Waals surface area contributed by atoms with Gasteiger partial charge in [0.2, 0.25) is 0 Å². The van der Waals surface area contributed by atoms with E-state index < -0.39 is 11.9 Å². The lowest BCUT2D eigenvalue weighted by molar-refractivity contribution is -0.141. The molecule has 0 spiro atoms. The zero-order valence-electron chi connectivity index (χ0n) is 14.1. The van der Waals surface area contributed by atoms with Gasteiger partial charge in [-0.15, -0.1) is 0 Å². The first-order valence-corrected chi connectivity index (χ1v) is 8.45. The highest BCUT2D eigenvalue weighted by Gasteiger charge is 2.33. The molecule has 0 bridgehead atoms. The van der Waals surface area contributed by atoms with Crippen LogP contribution in [0.15, 0.2) is 41.6 Å². The highest BCUT2D eigenvalue weighted by Crippen LogP contribution is 2.28. The number of hydrogen-bond donors (Lipinski definition) is 1. The molecule has 1 fully saturated rings. The minimum Gasteiger partial charge on any atom is -0.367 e. The summed E-state index contributed by atoms with van der Waals surface area (Å²) in [5.41, 5.74) is -0.964. The lowest BCUT2D eigenvalue weighted by Crippen LogP contribution is -2.41. The molecular weight excluding hydrogens is 347 g/mol. The van der Waals surface area contributed by atoms with Crippen LogP contribution < -0.4 is 10.9 Å². The van der Waals surface area contributed by atoms with Crippen molar-refractivity contribution in [3.8, 4) is 0 Å². The van der Waals surface area contributed by atoms with Crippen molar-refractivity contribution >= 4 is 5.82 Å². The third-order valence-corrected chi connectivity index (χ3v) is 4.45. The first-order chi connectivity index (χ1) is 12.4. The van der Waals surface area contributed by atoms with Gasteiger partial charge in [-0.25, -0.2) is 9.97 Å². The first-order valence-electron chi connectivity index (χ1n) is 8.45. The summed E-state index contributed by atoms with van der Waals surface area (Å²) in [6, 6.07) is 6.09. The average Bonchev–Trinajstić information content (AvgIpc) is 2.62. The van der Waals surface area contributed by atoms with Crippen LogP contribution in [0.2, 0.25) is 0 Å². The van der Waals surface area contributed by atoms with Crippen molar-refractivity contribution < 1.29 is 13.2 Å². The van der Waals surface area contributed by atoms with Gasteiger partial charge in [0.1, 0.15) is 17.8 Å². The van der Waals surface area contributed by atoms with Gasteiger partial charge in [0.05, 0.1) is 0 Å². The molecule has 9 heteroatoms. The second kappa shape index (κ2) is 7.86. The van der Waals surface area contributed by atoms with E-state index in [1.807, 2.05) is 6.07 Å². The molecule has 3 rings (SSSR count). The second-order valence-corrected chi connectivity index (χ2v) is 6.28. The standard InChI is InChI=1S/C17H20F3N5O/c18-17(19,20)14-11-15(22-12-21-14)23-13-4-7-24(8-5-13)9-10-25-6-2-1-3-16(25)26/h1-3,6,11-13H,4-5,7-10H2,(H,21,22,23). The Balaban J connectivity index is 1.48. The molecule has 0 radical (unpaired) electrons. The topological polar surface area (TPSA) is 63.1 Å². The zero-order chi connectivity index (χ0) is 18.6. The number of hydrogen-bond acceptors (Lipinski definition) is 5. The molecule has 1 aliphatic heterocycles. The number of aromatic nitrogens is 3. The van der Waals surface area contributed by atoms with Gasteiger partial charge in [0.25, 0.3) is 5.56 Å². The predicted molar refractivity (Wildman–Crippen MR) is 90.8 cm³/mol. The molecule has 2 aromatic heterocycles. The normalized spacial score (nSPS) is 16.6. The monoisotopic (exact) mass is 367 g/mol. The Labute approximate surface area is 148 Å². The van der Waals surface area contributed by atoms with Crippen LogP contribution in [0, 0.1) is 0 Å². The Morgan fingerprint density at radius 3 is 2.62 bits per heavy atom. The highest BCUT2D eigenvalue weighted by molar-refractivity contribution is 5.36. The average molecular weight is 367 g/mol. The third kappa shape index (κ3) is 4.81. The number of nitrogens with one attached hydrogen (secondary N) is 1. The molecule has 0 amide bonds. The molecule has 1 aliphatic rings. The quantitative estimate of drug-likeness (QED) is 0.878. The van der Waals surface area contributed by atoms with Crippen molar-refractivity contribution in [3.63, 3.8) is 0 Å². The summed E-state index contributed by atoms with van der Waals surface area (Å²) in [6.45, 7) is 3.02. The van der Waals surface area contributed by atoms with Crippen molar-refractivity contribution in [2.24, 2.45) is 0 Å². The fourth-order valence-electron chi connectivity index (χ4n) is 3.00. The lowest BCUT2D eigenvalue weighted by atomic mass is 10.1. The van der Waals surface area contributed by atoms with E-state index in [0.29, 0.717) is 6.54 Å². The van der Waals surface area contributed by atoms with Gasteiger partial charge in [-0.1, -0.05) is 6.07 Å². The van der Waals surface area contributed by atoms with E-state index >= 15 is 0 Å². The van der Waals surface area contributed by atoms with Crippen LogP contribution in [0.4, 0.5) is 19.0 Å². The Morgan fingerprint density at radius 1 is 1.15 bits per heavy atom. The maximum atomic E-state index is 12.7. The number of rotatable bonds is 5. The number of pyridine rings is 1. The molecule has 140 valence electrons. The maximum absolute atomic E-state index is 12.7. The molecule has 0 unspecified atom stereocenters. The van der Waals surface area contributed by atoms with Crippen LogP contribution in [0.5, 0.6) is 0 Å². The van der Waals surface area contributed by atoms with Crippen molar-refractivity contribution in [2.45, 2.75) is 31.6 Å². The molecule has 6 nitrogen and oxygen atoms in total. The summed E-state index contributed by atoms with van der Waals surface area (Å²) in [7, 11) is 0. The van der Waals surface area contributed by atoms with Crippen molar-refractivity contribution in [1.29, 1.82) is 0 Å². The second-order valence-electron chi connectivity index (χ2n) is 6.28. The van der Waals surface area contributed by atoms with E-state index in [9.17, 15) is 18.0 Å². The van der Waals surface area contributed by atoms with E-state index in [0.717, 1.165) is 44.9 Å². The summed E-state index contributed by atoms with van der Waals surface area (Å²) < 4.78 is 39.8. The maximum Gasteiger partial charge on any atom is 0.433 e. The van der Waals surface area contributed by atoms with Crippen LogP contribution >= 0.6 is 0 Å². The van der Waals surface area contributed by atoms with E-state index in [1.165, 1.54) is 6.07 Å². The summed E-state index contributed by atoms with van der Waals surface area (Å²) in [5.74, 6) is 0.196. The van der Waals surface area contributed by atoms with Gasteiger partial charge >= 0.3 is 6.18 Å². The fourth-order valence-corrected chi connectivity index (χ4v) is 3.00.